The Kier molecular flexibility index (Phi) is 5.96. The monoisotopic (exact) mass is 417 g/mol. The van der Waals surface area contributed by atoms with Crippen LogP contribution in [0, 0.1) is 6.92 Å². The Morgan fingerprint density at radius 2 is 1.86 bits per heavy atom. The number of benzene rings is 2. The summed E-state index contributed by atoms with van der Waals surface area (Å²) in [6.07, 6.45) is 1.07. The van der Waals surface area contributed by atoms with Crippen molar-refractivity contribution in [3.05, 3.63) is 70.2 Å². The van der Waals surface area contributed by atoms with Gasteiger partial charge in [0.15, 0.2) is 0 Å². The molecule has 0 radical (unpaired) electrons. The third kappa shape index (κ3) is 5.80. The Labute approximate surface area is 167 Å². The third-order valence-corrected chi connectivity index (χ3v) is 5.02. The zero-order valence-electron chi connectivity index (χ0n) is 15.3. The number of nitrogens with one attached hydrogen (secondary N) is 2. The lowest BCUT2D eigenvalue weighted by atomic mass is 10.2. The van der Waals surface area contributed by atoms with Crippen molar-refractivity contribution in [2.45, 2.75) is 13.5 Å². The molecule has 0 aliphatic rings. The topological polar surface area (TPSA) is 97.4 Å². The highest BCUT2D eigenvalue weighted by molar-refractivity contribution is 7.92. The van der Waals surface area contributed by atoms with E-state index in [4.69, 9.17) is 4.74 Å². The van der Waals surface area contributed by atoms with Gasteiger partial charge in [0.05, 0.1) is 22.6 Å². The summed E-state index contributed by atoms with van der Waals surface area (Å²) < 4.78 is 30.7. The molecule has 146 valence electrons. The van der Waals surface area contributed by atoms with Crippen molar-refractivity contribution in [1.29, 1.82) is 0 Å². The van der Waals surface area contributed by atoms with Crippen LogP contribution in [0.4, 0.5) is 11.4 Å². The van der Waals surface area contributed by atoms with E-state index in [2.05, 4.69) is 15.0 Å². The Hall–Kier alpha value is -2.91. The maximum atomic E-state index is 12.4. The van der Waals surface area contributed by atoms with Gasteiger partial charge in [-0.1, -0.05) is 6.07 Å². The van der Waals surface area contributed by atoms with Gasteiger partial charge in [0, 0.05) is 16.6 Å². The number of rotatable bonds is 7. The number of carbonyl (C=O) groups excluding carboxylic acids is 1. The number of thiazole rings is 1. The van der Waals surface area contributed by atoms with Crippen LogP contribution in [-0.2, 0) is 16.6 Å². The second-order valence-corrected chi connectivity index (χ2v) is 8.89. The van der Waals surface area contributed by atoms with Gasteiger partial charge in [-0.25, -0.2) is 13.4 Å². The number of nitrogens with zero attached hydrogens (tertiary/aromatic N) is 1. The van der Waals surface area contributed by atoms with Crippen LogP contribution in [0.1, 0.15) is 21.1 Å². The maximum Gasteiger partial charge on any atom is 0.255 e. The molecule has 9 heteroatoms. The number of aromatic nitrogens is 1. The minimum absolute atomic E-state index is 0.307. The number of ether oxygens (including phenoxy) is 1. The van der Waals surface area contributed by atoms with Gasteiger partial charge in [-0.3, -0.25) is 9.52 Å². The molecule has 28 heavy (non-hydrogen) atoms. The summed E-state index contributed by atoms with van der Waals surface area (Å²) in [6.45, 7) is 2.31. The first kappa shape index (κ1) is 19.8. The Bertz CT molecular complexity index is 1080. The van der Waals surface area contributed by atoms with E-state index in [1.54, 1.807) is 59.9 Å². The number of hydrogen-bond acceptors (Lipinski definition) is 6. The molecule has 0 aliphatic carbocycles. The summed E-state index contributed by atoms with van der Waals surface area (Å²) in [5.41, 5.74) is 2.18. The molecule has 2 aromatic carbocycles. The van der Waals surface area contributed by atoms with E-state index in [-0.39, 0.29) is 5.91 Å². The molecule has 1 heterocycles. The van der Waals surface area contributed by atoms with Crippen molar-refractivity contribution < 1.29 is 17.9 Å². The minimum Gasteiger partial charge on any atom is -0.487 e. The van der Waals surface area contributed by atoms with Crippen molar-refractivity contribution in [2.75, 3.05) is 16.3 Å². The van der Waals surface area contributed by atoms with E-state index in [1.807, 2.05) is 12.3 Å². The van der Waals surface area contributed by atoms with Gasteiger partial charge in [0.25, 0.3) is 5.91 Å². The van der Waals surface area contributed by atoms with Gasteiger partial charge in [-0.05, 0) is 49.4 Å². The molecule has 3 aromatic rings. The second-order valence-electron chi connectivity index (χ2n) is 6.08. The fourth-order valence-electron chi connectivity index (χ4n) is 2.41. The summed E-state index contributed by atoms with van der Waals surface area (Å²) in [5, 5.41) is 5.68. The number of sulfonamides is 1. The SMILES string of the molecule is Cc1nc(COc2ccc(C(=O)Nc3cccc(NS(C)(=O)=O)c3)cc2)cs1. The molecule has 0 spiro atoms. The molecule has 0 fully saturated rings. The van der Waals surface area contributed by atoms with Gasteiger partial charge in [0.1, 0.15) is 12.4 Å². The molecule has 0 unspecified atom stereocenters. The van der Waals surface area contributed by atoms with E-state index in [1.165, 1.54) is 0 Å². The molecule has 2 N–H and O–H groups in total. The van der Waals surface area contributed by atoms with Crippen molar-refractivity contribution in [3.63, 3.8) is 0 Å². The molecule has 0 saturated carbocycles. The molecule has 1 amide bonds. The van der Waals surface area contributed by atoms with Gasteiger partial charge in [-0.15, -0.1) is 11.3 Å². The van der Waals surface area contributed by atoms with Crippen LogP contribution >= 0.6 is 11.3 Å². The van der Waals surface area contributed by atoms with Crippen molar-refractivity contribution in [2.24, 2.45) is 0 Å². The van der Waals surface area contributed by atoms with Crippen molar-refractivity contribution in [3.8, 4) is 5.75 Å². The largest absolute Gasteiger partial charge is 0.487 e. The Morgan fingerprint density at radius 3 is 2.50 bits per heavy atom. The highest BCUT2D eigenvalue weighted by atomic mass is 32.2. The smallest absolute Gasteiger partial charge is 0.255 e. The van der Waals surface area contributed by atoms with E-state index < -0.39 is 10.0 Å². The predicted molar refractivity (Wildman–Crippen MR) is 110 cm³/mol. The molecular formula is C19H19N3O4S2. The highest BCUT2D eigenvalue weighted by Gasteiger charge is 2.08. The van der Waals surface area contributed by atoms with Crippen LogP contribution in [0.3, 0.4) is 0 Å². The average Bonchev–Trinajstić information content (AvgIpc) is 3.04. The van der Waals surface area contributed by atoms with Crippen LogP contribution in [0.2, 0.25) is 0 Å². The van der Waals surface area contributed by atoms with E-state index >= 15 is 0 Å². The van der Waals surface area contributed by atoms with E-state index in [9.17, 15) is 13.2 Å². The first-order chi connectivity index (χ1) is 13.3. The fraction of sp³-hybridized carbons (Fsp3) is 0.158. The van der Waals surface area contributed by atoms with Crippen LogP contribution in [-0.4, -0.2) is 25.6 Å². The first-order valence-corrected chi connectivity index (χ1v) is 11.1. The number of aryl methyl sites for hydroxylation is 1. The Morgan fingerprint density at radius 1 is 1.14 bits per heavy atom. The number of anilines is 2. The van der Waals surface area contributed by atoms with Gasteiger partial charge < -0.3 is 10.1 Å². The molecule has 7 nitrogen and oxygen atoms in total. The maximum absolute atomic E-state index is 12.4. The van der Waals surface area contributed by atoms with Gasteiger partial charge in [0.2, 0.25) is 10.0 Å². The summed E-state index contributed by atoms with van der Waals surface area (Å²) in [5.74, 6) is 0.333. The van der Waals surface area contributed by atoms with Crippen molar-refractivity contribution >= 4 is 38.6 Å². The predicted octanol–water partition coefficient (Wildman–Crippen LogP) is 3.65. The van der Waals surface area contributed by atoms with Crippen LogP contribution in [0.5, 0.6) is 5.75 Å². The Balaban J connectivity index is 1.61. The first-order valence-electron chi connectivity index (χ1n) is 8.31. The highest BCUT2D eigenvalue weighted by Crippen LogP contribution is 2.19. The van der Waals surface area contributed by atoms with Crippen molar-refractivity contribution in [1.82, 2.24) is 4.98 Å². The molecule has 0 atom stereocenters. The van der Waals surface area contributed by atoms with Crippen LogP contribution < -0.4 is 14.8 Å². The summed E-state index contributed by atoms with van der Waals surface area (Å²) >= 11 is 1.57. The summed E-state index contributed by atoms with van der Waals surface area (Å²) in [6, 6.07) is 13.2. The lowest BCUT2D eigenvalue weighted by Gasteiger charge is -2.09. The van der Waals surface area contributed by atoms with Crippen LogP contribution in [0.15, 0.2) is 53.9 Å². The zero-order valence-corrected chi connectivity index (χ0v) is 16.9. The van der Waals surface area contributed by atoms with Crippen LogP contribution in [0.25, 0.3) is 0 Å². The molecule has 3 rings (SSSR count). The molecule has 0 bridgehead atoms. The number of amides is 1. The van der Waals surface area contributed by atoms with E-state index in [0.717, 1.165) is 17.0 Å². The summed E-state index contributed by atoms with van der Waals surface area (Å²) in [7, 11) is -3.38. The third-order valence-electron chi connectivity index (χ3n) is 3.59. The average molecular weight is 418 g/mol. The zero-order chi connectivity index (χ0) is 20.1. The van der Waals surface area contributed by atoms with Gasteiger partial charge >= 0.3 is 0 Å². The molecule has 1 aromatic heterocycles. The molecule has 0 aliphatic heterocycles. The quantitative estimate of drug-likeness (QED) is 0.611. The standard InChI is InChI=1S/C19H19N3O4S2/c1-13-20-17(12-27-13)11-26-18-8-6-14(7-9-18)19(23)21-15-4-3-5-16(10-15)22-28(2,24)25/h3-10,12,22H,11H2,1-2H3,(H,21,23). The number of hydrogen-bond donors (Lipinski definition) is 2. The van der Waals surface area contributed by atoms with E-state index in [0.29, 0.717) is 29.3 Å². The fourth-order valence-corrected chi connectivity index (χ4v) is 3.56. The normalized spacial score (nSPS) is 11.1. The lowest BCUT2D eigenvalue weighted by molar-refractivity contribution is 0.102. The van der Waals surface area contributed by atoms with Gasteiger partial charge in [-0.2, -0.15) is 0 Å². The lowest BCUT2D eigenvalue weighted by Crippen LogP contribution is -2.13. The molecule has 0 saturated heterocycles. The minimum atomic E-state index is -3.38. The summed E-state index contributed by atoms with van der Waals surface area (Å²) in [4.78, 5) is 16.7. The second kappa shape index (κ2) is 8.41. The molecular weight excluding hydrogens is 398 g/mol. The number of carbonyl (C=O) groups is 1.